The van der Waals surface area contributed by atoms with E-state index in [1.807, 2.05) is 6.07 Å². The molecule has 0 aliphatic carbocycles. The molecule has 1 aromatic heterocycles. The molecule has 1 aliphatic heterocycles. The van der Waals surface area contributed by atoms with Crippen molar-refractivity contribution in [2.24, 2.45) is 0 Å². The summed E-state index contributed by atoms with van der Waals surface area (Å²) in [6.07, 6.45) is 4.70. The first-order valence-corrected chi connectivity index (χ1v) is 6.42. The van der Waals surface area contributed by atoms with Gasteiger partial charge < -0.3 is 4.42 Å². The molecule has 5 heteroatoms. The maximum atomic E-state index is 12.2. The molecule has 1 fully saturated rings. The van der Waals surface area contributed by atoms with E-state index in [4.69, 9.17) is 4.42 Å². The van der Waals surface area contributed by atoms with Gasteiger partial charge in [-0.15, -0.1) is 0 Å². The zero-order valence-electron chi connectivity index (χ0n) is 9.78. The smallest absolute Gasteiger partial charge is 0.298 e. The van der Waals surface area contributed by atoms with Gasteiger partial charge in [0.25, 0.3) is 11.1 Å². The van der Waals surface area contributed by atoms with E-state index in [0.29, 0.717) is 10.6 Å². The Morgan fingerprint density at radius 3 is 2.58 bits per heavy atom. The summed E-state index contributed by atoms with van der Waals surface area (Å²) in [5.74, 6) is -0.303. The molecule has 2 aromatic rings. The number of para-hydroxylation sites is 1. The van der Waals surface area contributed by atoms with Crippen LogP contribution < -0.4 is 4.90 Å². The molecule has 1 saturated heterocycles. The molecule has 94 valence electrons. The van der Waals surface area contributed by atoms with Crippen molar-refractivity contribution in [1.82, 2.24) is 0 Å². The number of anilines is 1. The first-order valence-electron chi connectivity index (χ1n) is 5.61. The van der Waals surface area contributed by atoms with E-state index < -0.39 is 0 Å². The lowest BCUT2D eigenvalue weighted by atomic mass is 10.2. The lowest BCUT2D eigenvalue weighted by molar-refractivity contribution is -0.113. The van der Waals surface area contributed by atoms with E-state index >= 15 is 0 Å². The van der Waals surface area contributed by atoms with Crippen molar-refractivity contribution in [3.05, 3.63) is 59.4 Å². The van der Waals surface area contributed by atoms with Gasteiger partial charge >= 0.3 is 0 Å². The first kappa shape index (κ1) is 11.8. The van der Waals surface area contributed by atoms with Gasteiger partial charge in [-0.05, 0) is 36.0 Å². The Kier molecular flexibility index (Phi) is 2.97. The standard InChI is InChI=1S/C14H9NO3S/c16-13-12(8-10-6-7-18-9-10)19-14(17)15(13)11-4-2-1-3-5-11/h1-9H/b12-8-. The predicted octanol–water partition coefficient (Wildman–Crippen LogP) is 3.52. The molecular formula is C14H9NO3S. The maximum absolute atomic E-state index is 12.2. The number of imide groups is 1. The summed E-state index contributed by atoms with van der Waals surface area (Å²) in [6.45, 7) is 0. The van der Waals surface area contributed by atoms with Gasteiger partial charge in [-0.25, -0.2) is 4.90 Å². The van der Waals surface area contributed by atoms with Gasteiger partial charge in [-0.3, -0.25) is 9.59 Å². The van der Waals surface area contributed by atoms with Crippen LogP contribution >= 0.6 is 11.8 Å². The third-order valence-corrected chi connectivity index (χ3v) is 3.52. The van der Waals surface area contributed by atoms with E-state index in [1.165, 1.54) is 17.4 Å². The minimum absolute atomic E-state index is 0.286. The van der Waals surface area contributed by atoms with Crippen molar-refractivity contribution in [1.29, 1.82) is 0 Å². The van der Waals surface area contributed by atoms with Crippen LogP contribution in [0.25, 0.3) is 6.08 Å². The summed E-state index contributed by atoms with van der Waals surface area (Å²) in [5.41, 5.74) is 1.35. The molecule has 0 radical (unpaired) electrons. The average molecular weight is 271 g/mol. The van der Waals surface area contributed by atoms with Gasteiger partial charge in [-0.2, -0.15) is 0 Å². The molecular weight excluding hydrogens is 262 g/mol. The average Bonchev–Trinajstić information content (AvgIpc) is 3.01. The van der Waals surface area contributed by atoms with Crippen molar-refractivity contribution < 1.29 is 14.0 Å². The molecule has 2 heterocycles. The quantitative estimate of drug-likeness (QED) is 0.784. The molecule has 2 amide bonds. The Hall–Kier alpha value is -2.27. The Morgan fingerprint density at radius 2 is 1.89 bits per heavy atom. The summed E-state index contributed by atoms with van der Waals surface area (Å²) in [7, 11) is 0. The number of nitrogens with zero attached hydrogens (tertiary/aromatic N) is 1. The fourth-order valence-corrected chi connectivity index (χ4v) is 2.62. The van der Waals surface area contributed by atoms with E-state index in [2.05, 4.69) is 0 Å². The Labute approximate surface area is 113 Å². The molecule has 0 saturated carbocycles. The highest BCUT2D eigenvalue weighted by Crippen LogP contribution is 2.35. The highest BCUT2D eigenvalue weighted by molar-refractivity contribution is 8.19. The van der Waals surface area contributed by atoms with E-state index in [-0.39, 0.29) is 11.1 Å². The number of rotatable bonds is 2. The monoisotopic (exact) mass is 271 g/mol. The van der Waals surface area contributed by atoms with Crippen LogP contribution in [-0.2, 0) is 4.79 Å². The maximum Gasteiger partial charge on any atom is 0.298 e. The number of hydrogen-bond acceptors (Lipinski definition) is 4. The lowest BCUT2D eigenvalue weighted by Gasteiger charge is -2.11. The number of amides is 2. The minimum atomic E-state index is -0.303. The largest absolute Gasteiger partial charge is 0.472 e. The van der Waals surface area contributed by atoms with Crippen molar-refractivity contribution in [3.8, 4) is 0 Å². The van der Waals surface area contributed by atoms with Gasteiger partial charge in [0.1, 0.15) is 0 Å². The second-order valence-corrected chi connectivity index (χ2v) is 4.90. The number of furan rings is 1. The van der Waals surface area contributed by atoms with Crippen LogP contribution in [0.1, 0.15) is 5.56 Å². The Balaban J connectivity index is 1.94. The van der Waals surface area contributed by atoms with Crippen molar-refractivity contribution in [3.63, 3.8) is 0 Å². The summed E-state index contributed by atoms with van der Waals surface area (Å²) in [4.78, 5) is 25.7. The molecule has 1 aliphatic rings. The molecule has 4 nitrogen and oxygen atoms in total. The Bertz CT molecular complexity index is 647. The van der Waals surface area contributed by atoms with Crippen LogP contribution in [0.15, 0.2) is 58.2 Å². The molecule has 19 heavy (non-hydrogen) atoms. The summed E-state index contributed by atoms with van der Waals surface area (Å²) in [6, 6.07) is 10.6. The zero-order valence-corrected chi connectivity index (χ0v) is 10.6. The topological polar surface area (TPSA) is 50.5 Å². The third kappa shape index (κ3) is 2.20. The molecule has 0 N–H and O–H groups in total. The van der Waals surface area contributed by atoms with Crippen LogP contribution in [0.3, 0.4) is 0 Å². The van der Waals surface area contributed by atoms with Crippen LogP contribution in [0.4, 0.5) is 10.5 Å². The van der Waals surface area contributed by atoms with Crippen molar-refractivity contribution in [2.75, 3.05) is 4.90 Å². The highest BCUT2D eigenvalue weighted by Gasteiger charge is 2.36. The van der Waals surface area contributed by atoms with Crippen LogP contribution in [0.2, 0.25) is 0 Å². The first-order chi connectivity index (χ1) is 9.25. The minimum Gasteiger partial charge on any atom is -0.472 e. The fourth-order valence-electron chi connectivity index (χ4n) is 1.78. The summed E-state index contributed by atoms with van der Waals surface area (Å²) in [5, 5.41) is -0.286. The van der Waals surface area contributed by atoms with Crippen LogP contribution in [0, 0.1) is 0 Å². The molecule has 0 unspecified atom stereocenters. The number of thioether (sulfide) groups is 1. The van der Waals surface area contributed by atoms with Gasteiger partial charge in [0.15, 0.2) is 0 Å². The van der Waals surface area contributed by atoms with Crippen LogP contribution in [-0.4, -0.2) is 11.1 Å². The SMILES string of the molecule is O=C1S/C(=C\c2ccoc2)C(=O)N1c1ccccc1. The fraction of sp³-hybridized carbons (Fsp3) is 0. The van der Waals surface area contributed by atoms with Gasteiger partial charge in [0.05, 0.1) is 23.1 Å². The molecule has 1 aromatic carbocycles. The normalized spacial score (nSPS) is 17.5. The molecule has 0 bridgehead atoms. The van der Waals surface area contributed by atoms with E-state index in [0.717, 1.165) is 17.3 Å². The van der Waals surface area contributed by atoms with Gasteiger partial charge in [0, 0.05) is 5.56 Å². The van der Waals surface area contributed by atoms with Crippen molar-refractivity contribution >= 4 is 34.7 Å². The predicted molar refractivity (Wildman–Crippen MR) is 73.6 cm³/mol. The highest BCUT2D eigenvalue weighted by atomic mass is 32.2. The summed E-state index contributed by atoms with van der Waals surface area (Å²) >= 11 is 0.932. The Morgan fingerprint density at radius 1 is 1.11 bits per heavy atom. The van der Waals surface area contributed by atoms with Crippen molar-refractivity contribution in [2.45, 2.75) is 0 Å². The van der Waals surface area contributed by atoms with Crippen LogP contribution in [0.5, 0.6) is 0 Å². The number of carbonyl (C=O) groups excluding carboxylic acids is 2. The summed E-state index contributed by atoms with van der Waals surface area (Å²) < 4.78 is 4.93. The number of hydrogen-bond donors (Lipinski definition) is 0. The molecule has 0 atom stereocenters. The third-order valence-electron chi connectivity index (χ3n) is 2.65. The second kappa shape index (κ2) is 4.78. The van der Waals surface area contributed by atoms with Gasteiger partial charge in [0.2, 0.25) is 0 Å². The van der Waals surface area contributed by atoms with Gasteiger partial charge in [-0.1, -0.05) is 18.2 Å². The van der Waals surface area contributed by atoms with E-state index in [9.17, 15) is 9.59 Å². The molecule has 0 spiro atoms. The zero-order chi connectivity index (χ0) is 13.2. The number of benzene rings is 1. The second-order valence-electron chi connectivity index (χ2n) is 3.91. The van der Waals surface area contributed by atoms with E-state index in [1.54, 1.807) is 36.4 Å². The molecule has 3 rings (SSSR count). The lowest BCUT2D eigenvalue weighted by Crippen LogP contribution is -2.27. The number of carbonyl (C=O) groups is 2.